The fourth-order valence-electron chi connectivity index (χ4n) is 27.3. The molecule has 0 aliphatic heterocycles. The number of hydrogen-bond acceptors (Lipinski definition) is 12. The number of unbranched alkanes of at least 4 members (excludes halogenated alkanes) is 2. The summed E-state index contributed by atoms with van der Waals surface area (Å²) in [5.41, 5.74) is 13.5. The zero-order valence-corrected chi connectivity index (χ0v) is 78.6. The van der Waals surface area contributed by atoms with E-state index >= 15 is 0 Å². The SMILES string of the molecule is C=C1[C@H](O)CC(=C/C=C2\CCC[C@]3(C)[C@@H]([C@@H](C)CCCC)CC[C@@H]23)C[C@H]1O.CCCC[C@H](C)[C@H]1CC[C@H]2/C(=C/C=C3C[C@@H](O)C(C)[C@H](O)C3)CCC[C@]12C.C[C@@H](CCCC(C)(C)O)[C@H]1CC[C@H]2/C(=C/C=C3C[C@@H](O)C(=CCCO)[C@H](O)C3)CCC[C@]12C.C[C@H](CCCC(C)(C)O)[C@H]1CC[C@H]2/C(=C/C=C3C[C@@H](O)C(=CCCO)[C@H](O)C3)CCC[C@]12C. The smallest absolute Gasteiger partial charge is 0.0812 e. The van der Waals surface area contributed by atoms with E-state index in [1.54, 1.807) is 34.4 Å². The van der Waals surface area contributed by atoms with Crippen LogP contribution < -0.4 is 0 Å². The minimum atomic E-state index is -0.651. The second-order valence-corrected chi connectivity index (χ2v) is 44.0. The van der Waals surface area contributed by atoms with E-state index in [9.17, 15) is 51.1 Å². The highest BCUT2D eigenvalue weighted by Crippen LogP contribution is 2.64. The lowest BCUT2D eigenvalue weighted by molar-refractivity contribution is 0.00404. The van der Waals surface area contributed by atoms with Crippen molar-refractivity contribution >= 4 is 0 Å². The van der Waals surface area contributed by atoms with Gasteiger partial charge in [0.1, 0.15) is 0 Å². The average Bonchev–Trinajstić information content (AvgIpc) is 1.61. The van der Waals surface area contributed by atoms with E-state index in [4.69, 9.17) is 10.2 Å². The van der Waals surface area contributed by atoms with Gasteiger partial charge in [0.2, 0.25) is 0 Å². The van der Waals surface area contributed by atoms with E-state index in [-0.39, 0.29) is 19.1 Å². The molecule has 12 nitrogen and oxygen atoms in total. The summed E-state index contributed by atoms with van der Waals surface area (Å²) < 4.78 is 0. The summed E-state index contributed by atoms with van der Waals surface area (Å²) in [7, 11) is 0. The van der Waals surface area contributed by atoms with Gasteiger partial charge >= 0.3 is 0 Å². The van der Waals surface area contributed by atoms with Gasteiger partial charge in [0.15, 0.2) is 0 Å². The quantitative estimate of drug-likeness (QED) is 0.0362. The first-order valence-corrected chi connectivity index (χ1v) is 49.6. The third-order valence-electron chi connectivity index (χ3n) is 34.3. The number of aliphatic hydroxyl groups is 12. The molecule has 12 fully saturated rings. The van der Waals surface area contributed by atoms with Crippen LogP contribution >= 0.6 is 0 Å². The van der Waals surface area contributed by atoms with Crippen molar-refractivity contribution in [2.24, 2.45) is 98.6 Å². The van der Waals surface area contributed by atoms with Gasteiger partial charge in [-0.1, -0.05) is 252 Å². The molecule has 12 aliphatic carbocycles. The highest BCUT2D eigenvalue weighted by atomic mass is 16.3. The van der Waals surface area contributed by atoms with Gasteiger partial charge < -0.3 is 61.3 Å². The zero-order chi connectivity index (χ0) is 87.7. The summed E-state index contributed by atoms with van der Waals surface area (Å²) in [5, 5.41) is 121. The Morgan fingerprint density at radius 3 is 0.875 bits per heavy atom. The van der Waals surface area contributed by atoms with Gasteiger partial charge in [-0.25, -0.2) is 0 Å². The van der Waals surface area contributed by atoms with Gasteiger partial charge in [-0.05, 0) is 343 Å². The fraction of sp³-hybridized carbons (Fsp3) is 0.796. The number of hydrogen-bond donors (Lipinski definition) is 12. The zero-order valence-electron chi connectivity index (χ0n) is 78.6. The predicted molar refractivity (Wildman–Crippen MR) is 496 cm³/mol. The summed E-state index contributed by atoms with van der Waals surface area (Å²) in [6.07, 6.45) is 63.5. The molecule has 0 heterocycles. The number of rotatable bonds is 26. The Labute approximate surface area is 731 Å². The molecular weight excluding hydrogens is 1490 g/mol. The maximum absolute atomic E-state index is 10.5. The fourth-order valence-corrected chi connectivity index (χ4v) is 27.3. The Morgan fingerprint density at radius 2 is 0.625 bits per heavy atom. The molecule has 0 unspecified atom stereocenters. The van der Waals surface area contributed by atoms with Crippen molar-refractivity contribution in [3.05, 3.63) is 129 Å². The van der Waals surface area contributed by atoms with Crippen molar-refractivity contribution in [3.8, 4) is 0 Å². The highest BCUT2D eigenvalue weighted by Gasteiger charge is 2.55. The lowest BCUT2D eigenvalue weighted by Crippen LogP contribution is -2.36. The van der Waals surface area contributed by atoms with Crippen molar-refractivity contribution in [3.63, 3.8) is 0 Å². The summed E-state index contributed by atoms with van der Waals surface area (Å²) in [6.45, 7) is 38.1. The Morgan fingerprint density at radius 1 is 0.375 bits per heavy atom. The summed E-state index contributed by atoms with van der Waals surface area (Å²) >= 11 is 0. The standard InChI is InChI=1S/2C29H48O4.C25H42O2.C25H40O2/c2*1-20(8-5-15-28(2,3)33)24-13-14-25-22(9-6-16-29(24,25)4)12-11-21-18-26(31)23(10-7-17-30)27(32)19-21;2*1-5-6-8-17(2)21-12-13-22-20(9-7-14-25(21,22)4)11-10-19-15-23(26)18(3)24(27)16-19/h2*10-12,20,24-27,30-33H,5-9,13-19H2,1-4H3;10-11,17-18,21-24,26-27H,5-9,12-16H2,1-4H3;10-11,17,21-24,26-27H,3,5-9,12-16H2,1-2,4H3/b2*21-11?,22-12+,23-10?;19-10?,20-11+;20-11+/t20-,24+,25-,26+,27+,29+;20-,24-,25+,26-,27-,29-;17-,18?,21+,22-,23+,24+,25+;17-,21+,22-,23+,24+,25+/m0100/s1. The van der Waals surface area contributed by atoms with E-state index in [1.807, 2.05) is 34.6 Å². The molecule has 12 heteroatoms. The van der Waals surface area contributed by atoms with Crippen molar-refractivity contribution in [2.45, 2.75) is 434 Å². The van der Waals surface area contributed by atoms with Crippen LogP contribution in [0.15, 0.2) is 129 Å². The lowest BCUT2D eigenvalue weighted by atomic mass is 9.60. The minimum absolute atomic E-state index is 0.00651. The van der Waals surface area contributed by atoms with Gasteiger partial charge in [0, 0.05) is 19.1 Å². The summed E-state index contributed by atoms with van der Waals surface area (Å²) in [5.74, 6) is 9.06. The van der Waals surface area contributed by atoms with Crippen LogP contribution in [0.2, 0.25) is 0 Å². The van der Waals surface area contributed by atoms with Crippen LogP contribution in [0.25, 0.3) is 0 Å². The van der Waals surface area contributed by atoms with Gasteiger partial charge in [0.05, 0.1) is 60.0 Å². The van der Waals surface area contributed by atoms with Gasteiger partial charge in [-0.2, -0.15) is 0 Å². The molecule has 0 spiro atoms. The van der Waals surface area contributed by atoms with Crippen LogP contribution in [-0.4, -0.2) is 135 Å². The van der Waals surface area contributed by atoms with Crippen LogP contribution in [0, 0.1) is 98.6 Å². The molecule has 12 rings (SSSR count). The Bertz CT molecular complexity index is 3380. The molecule has 12 aliphatic rings. The molecule has 0 aromatic carbocycles. The van der Waals surface area contributed by atoms with Crippen LogP contribution in [0.5, 0.6) is 0 Å². The third kappa shape index (κ3) is 26.0. The molecule has 0 saturated heterocycles. The first-order valence-electron chi connectivity index (χ1n) is 49.6. The van der Waals surface area contributed by atoms with Crippen molar-refractivity contribution in [1.29, 1.82) is 0 Å². The van der Waals surface area contributed by atoms with E-state index in [1.165, 1.54) is 173 Å². The molecule has 0 amide bonds. The number of fused-ring (bicyclic) bond motifs is 4. The summed E-state index contributed by atoms with van der Waals surface area (Å²) in [4.78, 5) is 0. The molecular formula is C108H178O12. The van der Waals surface area contributed by atoms with E-state index in [2.05, 4.69) is 124 Å². The van der Waals surface area contributed by atoms with Gasteiger partial charge in [-0.15, -0.1) is 0 Å². The second kappa shape index (κ2) is 45.6. The van der Waals surface area contributed by atoms with E-state index in [0.717, 1.165) is 115 Å². The van der Waals surface area contributed by atoms with E-state index < -0.39 is 60.0 Å². The molecule has 12 N–H and O–H groups in total. The van der Waals surface area contributed by atoms with Crippen LogP contribution in [0.4, 0.5) is 0 Å². The number of allylic oxidation sites excluding steroid dienone is 12. The molecule has 682 valence electrons. The topological polar surface area (TPSA) is 243 Å². The number of aliphatic hydroxyl groups excluding tert-OH is 10. The maximum atomic E-state index is 10.5. The van der Waals surface area contributed by atoms with Crippen molar-refractivity contribution < 1.29 is 61.3 Å². The molecule has 0 aromatic rings. The van der Waals surface area contributed by atoms with Crippen LogP contribution in [0.3, 0.4) is 0 Å². The predicted octanol–water partition coefficient (Wildman–Crippen LogP) is 22.9. The Kier molecular flexibility index (Phi) is 38.1. The van der Waals surface area contributed by atoms with Gasteiger partial charge in [-0.3, -0.25) is 0 Å². The van der Waals surface area contributed by atoms with Crippen molar-refractivity contribution in [2.75, 3.05) is 13.2 Å². The molecule has 0 radical (unpaired) electrons. The summed E-state index contributed by atoms with van der Waals surface area (Å²) in [6, 6.07) is 0. The first kappa shape index (κ1) is 100. The van der Waals surface area contributed by atoms with E-state index in [0.29, 0.717) is 113 Å². The first-order chi connectivity index (χ1) is 56.8. The highest BCUT2D eigenvalue weighted by molar-refractivity contribution is 5.35. The monoisotopic (exact) mass is 1670 g/mol. The van der Waals surface area contributed by atoms with Crippen LogP contribution in [-0.2, 0) is 0 Å². The minimum Gasteiger partial charge on any atom is -0.396 e. The largest absolute Gasteiger partial charge is 0.396 e. The molecule has 12 saturated carbocycles. The Hall–Kier alpha value is -3.34. The lowest BCUT2D eigenvalue weighted by Gasteiger charge is -2.44. The maximum Gasteiger partial charge on any atom is 0.0812 e. The normalized spacial score (nSPS) is 37.6. The van der Waals surface area contributed by atoms with Crippen molar-refractivity contribution in [1.82, 2.24) is 0 Å². The Balaban J connectivity index is 0.000000183. The molecule has 120 heavy (non-hydrogen) atoms. The van der Waals surface area contributed by atoms with Crippen LogP contribution in [0.1, 0.15) is 374 Å². The average molecular weight is 1670 g/mol. The van der Waals surface area contributed by atoms with Gasteiger partial charge in [0.25, 0.3) is 0 Å². The molecule has 0 aromatic heterocycles. The third-order valence-corrected chi connectivity index (χ3v) is 34.3. The second-order valence-electron chi connectivity index (χ2n) is 44.0. The molecule has 24 atom stereocenters. The molecule has 0 bridgehead atoms.